The quantitative estimate of drug-likeness (QED) is 0.726. The third-order valence-electron chi connectivity index (χ3n) is 4.16. The molecule has 0 aromatic carbocycles. The highest BCUT2D eigenvalue weighted by atomic mass is 32.2. The van der Waals surface area contributed by atoms with Crippen LogP contribution in [0.15, 0.2) is 11.6 Å². The molecule has 1 nitrogen and oxygen atoms in total. The van der Waals surface area contributed by atoms with Crippen molar-refractivity contribution in [1.82, 2.24) is 5.32 Å². The highest BCUT2D eigenvalue weighted by Crippen LogP contribution is 2.38. The van der Waals surface area contributed by atoms with Crippen LogP contribution in [0.4, 0.5) is 0 Å². The summed E-state index contributed by atoms with van der Waals surface area (Å²) in [6.45, 7) is 5.81. The Labute approximate surface area is 127 Å². The van der Waals surface area contributed by atoms with Crippen LogP contribution in [-0.4, -0.2) is 34.6 Å². The fraction of sp³-hybridized carbons (Fsp3) is 0.875. The van der Waals surface area contributed by atoms with Crippen LogP contribution in [0.2, 0.25) is 0 Å². The minimum atomic E-state index is 0.642. The lowest BCUT2D eigenvalue weighted by Crippen LogP contribution is -2.46. The van der Waals surface area contributed by atoms with Gasteiger partial charge in [-0.15, -0.1) is 0 Å². The van der Waals surface area contributed by atoms with Gasteiger partial charge in [0.1, 0.15) is 0 Å². The predicted octanol–water partition coefficient (Wildman–Crippen LogP) is 4.48. The lowest BCUT2D eigenvalue weighted by atomic mass is 9.90. The van der Waals surface area contributed by atoms with Gasteiger partial charge in [-0.25, -0.2) is 0 Å². The van der Waals surface area contributed by atoms with E-state index in [1.165, 1.54) is 56.6 Å². The Hall–Kier alpha value is 0.400. The molecule has 3 unspecified atom stereocenters. The molecule has 0 bridgehead atoms. The van der Waals surface area contributed by atoms with Crippen molar-refractivity contribution in [2.75, 3.05) is 18.1 Å². The normalized spacial score (nSPS) is 29.9. The van der Waals surface area contributed by atoms with Gasteiger partial charge in [-0.2, -0.15) is 23.5 Å². The topological polar surface area (TPSA) is 12.0 Å². The lowest BCUT2D eigenvalue weighted by molar-refractivity contribution is 0.500. The number of allylic oxidation sites excluding steroid dienone is 1. The van der Waals surface area contributed by atoms with Crippen LogP contribution in [0.5, 0.6) is 0 Å². The fourth-order valence-corrected chi connectivity index (χ4v) is 6.42. The SMILES string of the molecule is CCCNC(C1=CCCCC1)C1SCCSC1CC. The van der Waals surface area contributed by atoms with Crippen LogP contribution in [0, 0.1) is 0 Å². The summed E-state index contributed by atoms with van der Waals surface area (Å²) in [7, 11) is 0. The number of nitrogens with one attached hydrogen (secondary N) is 1. The first kappa shape index (κ1) is 15.8. The molecule has 0 spiro atoms. The van der Waals surface area contributed by atoms with Gasteiger partial charge in [0.05, 0.1) is 0 Å². The average molecular weight is 300 g/mol. The molecule has 0 amide bonds. The summed E-state index contributed by atoms with van der Waals surface area (Å²) in [6, 6.07) is 0.642. The van der Waals surface area contributed by atoms with Crippen molar-refractivity contribution in [2.24, 2.45) is 0 Å². The molecule has 19 heavy (non-hydrogen) atoms. The molecule has 1 heterocycles. The Balaban J connectivity index is 2.08. The summed E-state index contributed by atoms with van der Waals surface area (Å²) >= 11 is 4.43. The summed E-state index contributed by atoms with van der Waals surface area (Å²) in [5.74, 6) is 2.68. The smallest absolute Gasteiger partial charge is 0.0410 e. The summed E-state index contributed by atoms with van der Waals surface area (Å²) in [5, 5.41) is 5.51. The van der Waals surface area contributed by atoms with E-state index < -0.39 is 0 Å². The molecule has 0 aromatic heterocycles. The zero-order valence-corrected chi connectivity index (χ0v) is 14.1. The summed E-state index contributed by atoms with van der Waals surface area (Å²) in [5.41, 5.74) is 1.72. The van der Waals surface area contributed by atoms with Gasteiger partial charge in [0, 0.05) is 28.0 Å². The van der Waals surface area contributed by atoms with Crippen molar-refractivity contribution in [3.8, 4) is 0 Å². The Morgan fingerprint density at radius 3 is 2.79 bits per heavy atom. The molecule has 1 aliphatic carbocycles. The average Bonchev–Trinajstić information content (AvgIpc) is 2.49. The van der Waals surface area contributed by atoms with Gasteiger partial charge >= 0.3 is 0 Å². The van der Waals surface area contributed by atoms with E-state index in [0.717, 1.165) is 10.5 Å². The Bertz CT molecular complexity index is 290. The van der Waals surface area contributed by atoms with E-state index in [0.29, 0.717) is 6.04 Å². The summed E-state index contributed by atoms with van der Waals surface area (Å²) in [6.07, 6.45) is 10.5. The summed E-state index contributed by atoms with van der Waals surface area (Å²) in [4.78, 5) is 0. The molecule has 3 heteroatoms. The first-order valence-corrected chi connectivity index (χ1v) is 10.1. The van der Waals surface area contributed by atoms with E-state index >= 15 is 0 Å². The first-order valence-electron chi connectivity index (χ1n) is 8.02. The van der Waals surface area contributed by atoms with E-state index in [1.807, 2.05) is 0 Å². The lowest BCUT2D eigenvalue weighted by Gasteiger charge is -2.38. The van der Waals surface area contributed by atoms with Gasteiger partial charge in [0.25, 0.3) is 0 Å². The zero-order valence-electron chi connectivity index (χ0n) is 12.5. The molecule has 1 aliphatic heterocycles. The second kappa shape index (κ2) is 8.63. The molecule has 1 fully saturated rings. The maximum Gasteiger partial charge on any atom is 0.0410 e. The Morgan fingerprint density at radius 1 is 1.26 bits per heavy atom. The largest absolute Gasteiger partial charge is 0.309 e. The third kappa shape index (κ3) is 4.44. The van der Waals surface area contributed by atoms with Gasteiger partial charge in [0.2, 0.25) is 0 Å². The minimum Gasteiger partial charge on any atom is -0.309 e. The van der Waals surface area contributed by atoms with Crippen molar-refractivity contribution < 1.29 is 0 Å². The van der Waals surface area contributed by atoms with Gasteiger partial charge in [-0.1, -0.05) is 25.5 Å². The van der Waals surface area contributed by atoms with Crippen LogP contribution in [0.1, 0.15) is 52.4 Å². The molecule has 0 radical (unpaired) electrons. The molecule has 2 rings (SSSR count). The predicted molar refractivity (Wildman–Crippen MR) is 91.4 cm³/mol. The van der Waals surface area contributed by atoms with E-state index in [9.17, 15) is 0 Å². The molecule has 2 aliphatic rings. The Kier molecular flexibility index (Phi) is 7.17. The number of rotatable bonds is 6. The molecular formula is C16H29NS2. The number of thioether (sulfide) groups is 2. The maximum absolute atomic E-state index is 3.87. The van der Waals surface area contributed by atoms with E-state index in [2.05, 4.69) is 48.8 Å². The zero-order chi connectivity index (χ0) is 13.5. The van der Waals surface area contributed by atoms with E-state index in [4.69, 9.17) is 0 Å². The van der Waals surface area contributed by atoms with E-state index in [-0.39, 0.29) is 0 Å². The number of hydrogen-bond donors (Lipinski definition) is 1. The van der Waals surface area contributed by atoms with Crippen molar-refractivity contribution in [1.29, 1.82) is 0 Å². The first-order chi connectivity index (χ1) is 9.36. The van der Waals surface area contributed by atoms with Crippen LogP contribution in [0.25, 0.3) is 0 Å². The van der Waals surface area contributed by atoms with Crippen molar-refractivity contribution in [2.45, 2.75) is 68.9 Å². The molecule has 110 valence electrons. The molecule has 3 atom stereocenters. The third-order valence-corrected chi connectivity index (χ3v) is 7.51. The van der Waals surface area contributed by atoms with E-state index in [1.54, 1.807) is 5.57 Å². The van der Waals surface area contributed by atoms with Crippen LogP contribution < -0.4 is 5.32 Å². The molecule has 1 saturated heterocycles. The highest BCUT2D eigenvalue weighted by Gasteiger charge is 2.33. The summed E-state index contributed by atoms with van der Waals surface area (Å²) < 4.78 is 0. The minimum absolute atomic E-state index is 0.642. The fourth-order valence-electron chi connectivity index (χ4n) is 3.15. The van der Waals surface area contributed by atoms with Gasteiger partial charge < -0.3 is 5.32 Å². The standard InChI is InChI=1S/C16H29NS2/c1-3-10-17-15(13-8-6-5-7-9-13)16-14(4-2)18-11-12-19-16/h8,14-17H,3-7,9-12H2,1-2H3. The monoisotopic (exact) mass is 299 g/mol. The molecular weight excluding hydrogens is 270 g/mol. The highest BCUT2D eigenvalue weighted by molar-refractivity contribution is 8.07. The Morgan fingerprint density at radius 2 is 2.11 bits per heavy atom. The van der Waals surface area contributed by atoms with Gasteiger partial charge in [-0.3, -0.25) is 0 Å². The van der Waals surface area contributed by atoms with Gasteiger partial charge in [0.15, 0.2) is 0 Å². The second-order valence-electron chi connectivity index (χ2n) is 5.61. The second-order valence-corrected chi connectivity index (χ2v) is 8.24. The maximum atomic E-state index is 3.87. The number of hydrogen-bond acceptors (Lipinski definition) is 3. The van der Waals surface area contributed by atoms with Gasteiger partial charge in [-0.05, 0) is 45.1 Å². The van der Waals surface area contributed by atoms with Crippen LogP contribution in [0.3, 0.4) is 0 Å². The van der Waals surface area contributed by atoms with Crippen LogP contribution >= 0.6 is 23.5 Å². The van der Waals surface area contributed by atoms with Crippen molar-refractivity contribution in [3.63, 3.8) is 0 Å². The molecule has 0 aromatic rings. The van der Waals surface area contributed by atoms with Crippen molar-refractivity contribution in [3.05, 3.63) is 11.6 Å². The molecule has 1 N–H and O–H groups in total. The van der Waals surface area contributed by atoms with Crippen molar-refractivity contribution >= 4 is 23.5 Å². The molecule has 0 saturated carbocycles. The van der Waals surface area contributed by atoms with Crippen LogP contribution in [-0.2, 0) is 0 Å².